The highest BCUT2D eigenvalue weighted by molar-refractivity contribution is 5.76. The highest BCUT2D eigenvalue weighted by atomic mass is 16.7. The molecule has 0 radical (unpaired) electrons. The minimum absolute atomic E-state index is 0.169. The van der Waals surface area contributed by atoms with Gasteiger partial charge in [-0.05, 0) is 19.3 Å². The molecular weight excluding hydrogens is 899 g/mol. The van der Waals surface area contributed by atoms with Crippen LogP contribution >= 0.6 is 0 Å². The molecule has 1 heterocycles. The first kappa shape index (κ1) is 68.9. The quantitative estimate of drug-likeness (QED) is 0.0261. The van der Waals surface area contributed by atoms with E-state index in [0.29, 0.717) is 6.42 Å². The maximum Gasteiger partial charge on any atom is 0.220 e. The van der Waals surface area contributed by atoms with E-state index in [1.807, 2.05) is 6.08 Å². The minimum Gasteiger partial charge on any atom is -0.394 e. The minimum atomic E-state index is -1.56. The molecule has 9 heteroatoms. The molecule has 7 atom stereocenters. The lowest BCUT2D eigenvalue weighted by Crippen LogP contribution is -2.60. The highest BCUT2D eigenvalue weighted by Crippen LogP contribution is 2.23. The van der Waals surface area contributed by atoms with E-state index < -0.39 is 49.5 Å². The van der Waals surface area contributed by atoms with Crippen molar-refractivity contribution >= 4 is 5.91 Å². The number of carbonyl (C=O) groups is 1. The van der Waals surface area contributed by atoms with Crippen molar-refractivity contribution in [2.24, 2.45) is 0 Å². The smallest absolute Gasteiger partial charge is 0.220 e. The summed E-state index contributed by atoms with van der Waals surface area (Å²) < 4.78 is 11.3. The Morgan fingerprint density at radius 2 is 0.764 bits per heavy atom. The molecule has 1 rings (SSSR count). The van der Waals surface area contributed by atoms with Gasteiger partial charge in [-0.25, -0.2) is 0 Å². The zero-order valence-electron chi connectivity index (χ0n) is 47.7. The fourth-order valence-electron chi connectivity index (χ4n) is 10.6. The van der Waals surface area contributed by atoms with E-state index in [2.05, 4.69) is 19.2 Å². The van der Waals surface area contributed by atoms with E-state index in [1.54, 1.807) is 6.08 Å². The Balaban J connectivity index is 2.16. The van der Waals surface area contributed by atoms with Crippen molar-refractivity contribution in [2.45, 2.75) is 371 Å². The van der Waals surface area contributed by atoms with Crippen molar-refractivity contribution in [3.8, 4) is 0 Å². The first-order valence-electron chi connectivity index (χ1n) is 31.9. The van der Waals surface area contributed by atoms with Crippen LogP contribution in [0.3, 0.4) is 0 Å². The third-order valence-corrected chi connectivity index (χ3v) is 15.6. The fraction of sp³-hybridized carbons (Fsp3) is 0.952. The van der Waals surface area contributed by atoms with Gasteiger partial charge in [-0.1, -0.05) is 315 Å². The molecule has 0 spiro atoms. The van der Waals surface area contributed by atoms with E-state index in [0.717, 1.165) is 38.5 Å². The van der Waals surface area contributed by atoms with Gasteiger partial charge in [0.2, 0.25) is 5.91 Å². The van der Waals surface area contributed by atoms with Gasteiger partial charge in [-0.3, -0.25) is 4.79 Å². The molecule has 9 nitrogen and oxygen atoms in total. The van der Waals surface area contributed by atoms with Crippen LogP contribution < -0.4 is 5.32 Å². The first-order valence-corrected chi connectivity index (χ1v) is 31.9. The number of allylic oxidation sites excluding steroid dienone is 1. The van der Waals surface area contributed by atoms with Gasteiger partial charge in [0, 0.05) is 6.42 Å². The molecule has 0 aromatic rings. The molecule has 428 valence electrons. The summed E-state index contributed by atoms with van der Waals surface area (Å²) >= 11 is 0. The van der Waals surface area contributed by atoms with Crippen LogP contribution in [-0.2, 0) is 14.3 Å². The van der Waals surface area contributed by atoms with Gasteiger partial charge in [0.25, 0.3) is 0 Å². The number of rotatable bonds is 56. The molecule has 1 amide bonds. The van der Waals surface area contributed by atoms with Gasteiger partial charge < -0.3 is 40.3 Å². The van der Waals surface area contributed by atoms with Crippen molar-refractivity contribution in [1.82, 2.24) is 5.32 Å². The number of unbranched alkanes of at least 4 members (excludes halogenated alkanes) is 46. The Bertz CT molecular complexity index is 1140. The summed E-state index contributed by atoms with van der Waals surface area (Å²) in [5, 5.41) is 54.6. The lowest BCUT2D eigenvalue weighted by Gasteiger charge is -2.40. The highest BCUT2D eigenvalue weighted by Gasteiger charge is 2.44. The normalized spacial score (nSPS) is 19.1. The Labute approximate surface area is 446 Å². The number of ether oxygens (including phenoxy) is 2. The third-order valence-electron chi connectivity index (χ3n) is 15.6. The topological polar surface area (TPSA) is 149 Å². The van der Waals surface area contributed by atoms with Crippen molar-refractivity contribution in [2.75, 3.05) is 13.2 Å². The van der Waals surface area contributed by atoms with E-state index in [-0.39, 0.29) is 12.5 Å². The average Bonchev–Trinajstić information content (AvgIpc) is 3.38. The zero-order chi connectivity index (χ0) is 52.2. The van der Waals surface area contributed by atoms with Gasteiger partial charge in [0.1, 0.15) is 24.4 Å². The summed E-state index contributed by atoms with van der Waals surface area (Å²) in [6, 6.07) is -0.801. The van der Waals surface area contributed by atoms with Crippen molar-refractivity contribution in [1.29, 1.82) is 0 Å². The standard InChI is InChI=1S/C63H123NO8/c1-3-5-7-9-11-13-15-17-19-21-23-25-26-27-28-29-30-31-32-33-34-36-38-40-42-44-46-48-50-52-57(66)56(55-71-63-62(70)61(69)60(68)58(54-65)72-63)64-59(67)53-51-49-47-45-43-41-39-37-35-24-22-20-18-16-14-12-10-8-6-4-2/h50,52,56-58,60-63,65-66,68-70H,3-49,51,53-55H2,1-2H3,(H,64,67)/b52-50+. The van der Waals surface area contributed by atoms with Crippen LogP contribution in [0.25, 0.3) is 0 Å². The Kier molecular flexibility index (Phi) is 51.1. The summed E-state index contributed by atoms with van der Waals surface area (Å²) in [6.45, 7) is 3.83. The van der Waals surface area contributed by atoms with E-state index >= 15 is 0 Å². The van der Waals surface area contributed by atoms with Gasteiger partial charge in [-0.2, -0.15) is 0 Å². The fourth-order valence-corrected chi connectivity index (χ4v) is 10.6. The zero-order valence-corrected chi connectivity index (χ0v) is 47.7. The van der Waals surface area contributed by atoms with Crippen LogP contribution in [0.1, 0.15) is 328 Å². The average molecular weight is 1020 g/mol. The molecule has 0 saturated carbocycles. The second kappa shape index (κ2) is 53.3. The van der Waals surface area contributed by atoms with Crippen LogP contribution in [0.5, 0.6) is 0 Å². The second-order valence-corrected chi connectivity index (χ2v) is 22.6. The first-order chi connectivity index (χ1) is 35.3. The lowest BCUT2D eigenvalue weighted by atomic mass is 9.99. The molecule has 0 aliphatic carbocycles. The predicted octanol–water partition coefficient (Wildman–Crippen LogP) is 16.4. The number of aliphatic hydroxyl groups excluding tert-OH is 5. The Morgan fingerprint density at radius 3 is 1.08 bits per heavy atom. The number of amides is 1. The molecule has 6 N–H and O–H groups in total. The number of hydrogen-bond donors (Lipinski definition) is 6. The largest absolute Gasteiger partial charge is 0.394 e. The predicted molar refractivity (Wildman–Crippen MR) is 304 cm³/mol. The molecule has 1 saturated heterocycles. The van der Waals surface area contributed by atoms with Crippen molar-refractivity contribution in [3.05, 3.63) is 12.2 Å². The van der Waals surface area contributed by atoms with Gasteiger partial charge >= 0.3 is 0 Å². The van der Waals surface area contributed by atoms with Crippen LogP contribution in [0, 0.1) is 0 Å². The molecule has 0 bridgehead atoms. The Hall–Kier alpha value is -1.07. The third kappa shape index (κ3) is 42.1. The number of carbonyl (C=O) groups excluding carboxylic acids is 1. The molecule has 1 fully saturated rings. The van der Waals surface area contributed by atoms with Crippen LogP contribution in [0.2, 0.25) is 0 Å². The Morgan fingerprint density at radius 1 is 0.458 bits per heavy atom. The van der Waals surface area contributed by atoms with Crippen LogP contribution in [-0.4, -0.2) is 87.5 Å². The second-order valence-electron chi connectivity index (χ2n) is 22.6. The van der Waals surface area contributed by atoms with E-state index in [1.165, 1.54) is 270 Å². The number of aliphatic hydroxyl groups is 5. The van der Waals surface area contributed by atoms with Crippen LogP contribution in [0.4, 0.5) is 0 Å². The van der Waals surface area contributed by atoms with Crippen LogP contribution in [0.15, 0.2) is 12.2 Å². The molecule has 1 aliphatic heterocycles. The summed E-state index contributed by atoms with van der Waals surface area (Å²) in [5.74, 6) is -0.169. The molecule has 7 unspecified atom stereocenters. The van der Waals surface area contributed by atoms with Gasteiger partial charge in [0.05, 0.1) is 25.4 Å². The monoisotopic (exact) mass is 1020 g/mol. The lowest BCUT2D eigenvalue weighted by molar-refractivity contribution is -0.302. The van der Waals surface area contributed by atoms with E-state index in [9.17, 15) is 30.3 Å². The summed E-state index contributed by atoms with van der Waals surface area (Å²) in [4.78, 5) is 13.1. The van der Waals surface area contributed by atoms with Crippen molar-refractivity contribution in [3.63, 3.8) is 0 Å². The molecule has 0 aromatic carbocycles. The number of hydrogen-bond acceptors (Lipinski definition) is 8. The van der Waals surface area contributed by atoms with Crippen molar-refractivity contribution < 1.29 is 39.8 Å². The summed E-state index contributed by atoms with van der Waals surface area (Å²) in [7, 11) is 0. The van der Waals surface area contributed by atoms with Gasteiger partial charge in [-0.15, -0.1) is 0 Å². The summed E-state index contributed by atoms with van der Waals surface area (Å²) in [5.41, 5.74) is 0. The van der Waals surface area contributed by atoms with Gasteiger partial charge in [0.15, 0.2) is 6.29 Å². The maximum atomic E-state index is 13.1. The van der Waals surface area contributed by atoms with E-state index in [4.69, 9.17) is 9.47 Å². The maximum absolute atomic E-state index is 13.1. The SMILES string of the molecule is CCCCCCCCCCCCCCCCCCCCCCCCCCCCC/C=C/C(O)C(COC1OC(CO)C(O)C(O)C1O)NC(=O)CCCCCCCCCCCCCCCCCCCCCC. The molecular formula is C63H123NO8. The number of nitrogens with one attached hydrogen (secondary N) is 1. The molecule has 72 heavy (non-hydrogen) atoms. The summed E-state index contributed by atoms with van der Waals surface area (Å²) in [6.07, 6.45) is 60.1. The molecule has 0 aromatic heterocycles. The molecule has 1 aliphatic rings.